The molecule has 25 heavy (non-hydrogen) atoms. The van der Waals surface area contributed by atoms with E-state index in [-0.39, 0.29) is 35.0 Å². The number of hydrogen-bond donors (Lipinski definition) is 3. The smallest absolute Gasteiger partial charge is 0.250 e. The number of rotatable bonds is 8. The summed E-state index contributed by atoms with van der Waals surface area (Å²) in [5.74, 6) is 0.332. The van der Waals surface area contributed by atoms with E-state index in [4.69, 9.17) is 0 Å². The van der Waals surface area contributed by atoms with Crippen LogP contribution in [0, 0.1) is 5.92 Å². The highest BCUT2D eigenvalue weighted by Gasteiger charge is 2.27. The topological polar surface area (TPSA) is 104 Å². The Morgan fingerprint density at radius 3 is 2.64 bits per heavy atom. The van der Waals surface area contributed by atoms with Crippen molar-refractivity contribution >= 4 is 43.8 Å². The maximum absolute atomic E-state index is 12.5. The summed E-state index contributed by atoms with van der Waals surface area (Å²) in [6.45, 7) is 5.44. The Morgan fingerprint density at radius 2 is 2.00 bits per heavy atom. The van der Waals surface area contributed by atoms with Gasteiger partial charge < -0.3 is 5.32 Å². The van der Waals surface area contributed by atoms with E-state index in [1.165, 1.54) is 11.3 Å². The van der Waals surface area contributed by atoms with Crippen LogP contribution in [0.1, 0.15) is 25.1 Å². The lowest BCUT2D eigenvalue weighted by Gasteiger charge is -2.29. The average molecular weight is 432 g/mol. The van der Waals surface area contributed by atoms with Crippen LogP contribution < -0.4 is 14.8 Å². The SMILES string of the molecule is CCS(=O)(=O)NCCc1ccc(S(=O)(=O)NC2CNCCC2C)s1.Cl. The first-order valence-electron chi connectivity index (χ1n) is 8.02. The fourth-order valence-electron chi connectivity index (χ4n) is 2.47. The summed E-state index contributed by atoms with van der Waals surface area (Å²) >= 11 is 1.18. The minimum Gasteiger partial charge on any atom is -0.315 e. The molecule has 146 valence electrons. The van der Waals surface area contributed by atoms with Crippen molar-refractivity contribution in [3.8, 4) is 0 Å². The normalized spacial score (nSPS) is 21.7. The average Bonchev–Trinajstić information content (AvgIpc) is 2.99. The van der Waals surface area contributed by atoms with Crippen LogP contribution in [0.2, 0.25) is 0 Å². The summed E-state index contributed by atoms with van der Waals surface area (Å²) in [5, 5.41) is 3.20. The standard InChI is InChI=1S/C14H25N3O4S3.ClH/c1-3-23(18,19)16-9-7-12-4-5-14(22-12)24(20,21)17-13-10-15-8-6-11(13)2;/h4-5,11,13,15-17H,3,6-10H2,1-2H3;1H. The van der Waals surface area contributed by atoms with Gasteiger partial charge >= 0.3 is 0 Å². The number of thiophene rings is 1. The lowest BCUT2D eigenvalue weighted by Crippen LogP contribution is -2.49. The van der Waals surface area contributed by atoms with Gasteiger partial charge in [-0.15, -0.1) is 23.7 Å². The fraction of sp³-hybridized carbons (Fsp3) is 0.714. The Hall–Kier alpha value is -0.230. The molecule has 0 aromatic carbocycles. The fourth-order valence-corrected chi connectivity index (χ4v) is 5.81. The molecular formula is C14H26ClN3O4S3. The zero-order valence-corrected chi connectivity index (χ0v) is 17.6. The Balaban J connectivity index is 0.00000312. The van der Waals surface area contributed by atoms with Crippen LogP contribution in [0.5, 0.6) is 0 Å². The van der Waals surface area contributed by atoms with Crippen molar-refractivity contribution in [3.05, 3.63) is 17.0 Å². The lowest BCUT2D eigenvalue weighted by molar-refractivity contribution is 0.327. The van der Waals surface area contributed by atoms with Gasteiger partial charge in [-0.2, -0.15) is 0 Å². The second kappa shape index (κ2) is 9.63. The van der Waals surface area contributed by atoms with Crippen LogP contribution in [0.25, 0.3) is 0 Å². The highest BCUT2D eigenvalue weighted by atomic mass is 35.5. The van der Waals surface area contributed by atoms with Crippen LogP contribution in [-0.2, 0) is 26.5 Å². The Labute approximate surface area is 160 Å². The molecule has 3 N–H and O–H groups in total. The summed E-state index contributed by atoms with van der Waals surface area (Å²) in [7, 11) is -6.76. The van der Waals surface area contributed by atoms with E-state index in [2.05, 4.69) is 14.8 Å². The molecule has 2 heterocycles. The van der Waals surface area contributed by atoms with E-state index in [9.17, 15) is 16.8 Å². The van der Waals surface area contributed by atoms with Gasteiger partial charge in [-0.05, 0) is 44.4 Å². The Bertz CT molecular complexity index is 749. The largest absolute Gasteiger partial charge is 0.315 e. The first kappa shape index (κ1) is 22.8. The molecule has 0 amide bonds. The van der Waals surface area contributed by atoms with Gasteiger partial charge in [0, 0.05) is 24.0 Å². The third-order valence-electron chi connectivity index (χ3n) is 4.11. The van der Waals surface area contributed by atoms with Gasteiger partial charge in [-0.1, -0.05) is 6.92 Å². The Morgan fingerprint density at radius 1 is 1.28 bits per heavy atom. The second-order valence-electron chi connectivity index (χ2n) is 5.97. The predicted molar refractivity (Wildman–Crippen MR) is 103 cm³/mol. The maximum atomic E-state index is 12.5. The van der Waals surface area contributed by atoms with E-state index < -0.39 is 20.0 Å². The van der Waals surface area contributed by atoms with Crippen molar-refractivity contribution in [2.75, 3.05) is 25.4 Å². The molecule has 1 aromatic heterocycles. The zero-order valence-electron chi connectivity index (χ0n) is 14.3. The molecular weight excluding hydrogens is 406 g/mol. The van der Waals surface area contributed by atoms with Crippen molar-refractivity contribution in [3.63, 3.8) is 0 Å². The number of nitrogens with one attached hydrogen (secondary N) is 3. The highest BCUT2D eigenvalue weighted by molar-refractivity contribution is 7.91. The van der Waals surface area contributed by atoms with Gasteiger partial charge in [0.25, 0.3) is 0 Å². The van der Waals surface area contributed by atoms with Gasteiger partial charge in [0.05, 0.1) is 5.75 Å². The van der Waals surface area contributed by atoms with Crippen molar-refractivity contribution in [2.24, 2.45) is 5.92 Å². The zero-order chi connectivity index (χ0) is 17.8. The summed E-state index contributed by atoms with van der Waals surface area (Å²) < 4.78 is 53.3. The summed E-state index contributed by atoms with van der Waals surface area (Å²) in [5.41, 5.74) is 0. The van der Waals surface area contributed by atoms with Crippen LogP contribution in [0.15, 0.2) is 16.3 Å². The molecule has 2 rings (SSSR count). The molecule has 0 spiro atoms. The van der Waals surface area contributed by atoms with Gasteiger partial charge in [0.15, 0.2) is 0 Å². The Kier molecular flexibility index (Phi) is 8.79. The third kappa shape index (κ3) is 6.78. The monoisotopic (exact) mass is 431 g/mol. The quantitative estimate of drug-likeness (QED) is 0.568. The van der Waals surface area contributed by atoms with Crippen molar-refractivity contribution < 1.29 is 16.8 Å². The number of sulfonamides is 2. The lowest BCUT2D eigenvalue weighted by atomic mass is 9.96. The van der Waals surface area contributed by atoms with Crippen LogP contribution in [-0.4, -0.2) is 48.3 Å². The molecule has 11 heteroatoms. The minimum absolute atomic E-state index is 0. The molecule has 1 fully saturated rings. The summed E-state index contributed by atoms with van der Waals surface area (Å²) in [4.78, 5) is 0.837. The number of piperidine rings is 1. The van der Waals surface area contributed by atoms with E-state index in [0.717, 1.165) is 17.8 Å². The molecule has 1 aliphatic heterocycles. The molecule has 1 saturated heterocycles. The van der Waals surface area contributed by atoms with Crippen LogP contribution in [0.4, 0.5) is 0 Å². The molecule has 1 aromatic rings. The molecule has 2 atom stereocenters. The molecule has 7 nitrogen and oxygen atoms in total. The van der Waals surface area contributed by atoms with Gasteiger partial charge in [-0.25, -0.2) is 26.3 Å². The first-order chi connectivity index (χ1) is 11.2. The van der Waals surface area contributed by atoms with E-state index in [0.29, 0.717) is 18.9 Å². The van der Waals surface area contributed by atoms with Crippen LogP contribution in [0.3, 0.4) is 0 Å². The highest BCUT2D eigenvalue weighted by Crippen LogP contribution is 2.23. The third-order valence-corrected chi connectivity index (χ3v) is 8.64. The van der Waals surface area contributed by atoms with Crippen molar-refractivity contribution in [1.29, 1.82) is 0 Å². The van der Waals surface area contributed by atoms with E-state index >= 15 is 0 Å². The van der Waals surface area contributed by atoms with Crippen molar-refractivity contribution in [2.45, 2.75) is 36.9 Å². The second-order valence-corrected chi connectivity index (χ2v) is 11.2. The van der Waals surface area contributed by atoms with Gasteiger partial charge in [0.2, 0.25) is 20.0 Å². The molecule has 0 aliphatic carbocycles. The molecule has 0 radical (unpaired) electrons. The predicted octanol–water partition coefficient (Wildman–Crippen LogP) is 0.928. The number of hydrogen-bond acceptors (Lipinski definition) is 6. The molecule has 1 aliphatic rings. The maximum Gasteiger partial charge on any atom is 0.250 e. The minimum atomic E-state index is -3.54. The first-order valence-corrected chi connectivity index (χ1v) is 12.0. The van der Waals surface area contributed by atoms with Gasteiger partial charge in [0.1, 0.15) is 4.21 Å². The van der Waals surface area contributed by atoms with Gasteiger partial charge in [-0.3, -0.25) is 0 Å². The van der Waals surface area contributed by atoms with E-state index in [1.807, 2.05) is 6.92 Å². The van der Waals surface area contributed by atoms with Crippen molar-refractivity contribution in [1.82, 2.24) is 14.8 Å². The molecule has 0 saturated carbocycles. The van der Waals surface area contributed by atoms with Crippen LogP contribution >= 0.6 is 23.7 Å². The molecule has 0 bridgehead atoms. The van der Waals surface area contributed by atoms with E-state index in [1.54, 1.807) is 19.1 Å². The summed E-state index contributed by atoms with van der Waals surface area (Å²) in [6.07, 6.45) is 1.42. The number of halogens is 1. The molecule has 2 unspecified atom stereocenters. The summed E-state index contributed by atoms with van der Waals surface area (Å²) in [6, 6.07) is 3.21.